The minimum absolute atomic E-state index is 0.122. The Labute approximate surface area is 164 Å². The topological polar surface area (TPSA) is 84.7 Å². The second kappa shape index (κ2) is 8.21. The molecule has 0 unspecified atom stereocenters. The van der Waals surface area contributed by atoms with Crippen LogP contribution in [0.15, 0.2) is 42.9 Å². The van der Waals surface area contributed by atoms with Gasteiger partial charge in [-0.25, -0.2) is 15.0 Å². The molecule has 144 valence electrons. The molecule has 4 rings (SSSR count). The number of nitrogens with one attached hydrogen (secondary N) is 2. The van der Waals surface area contributed by atoms with Crippen LogP contribution in [0.4, 0.5) is 5.82 Å². The number of aryl methyl sites for hydroxylation is 3. The third kappa shape index (κ3) is 4.03. The maximum Gasteiger partial charge on any atom is 0.270 e. The molecule has 0 fully saturated rings. The minimum Gasteiger partial charge on any atom is -0.364 e. The van der Waals surface area contributed by atoms with Crippen molar-refractivity contribution in [1.82, 2.24) is 24.8 Å². The first-order valence-corrected chi connectivity index (χ1v) is 9.69. The maximum atomic E-state index is 12.3. The van der Waals surface area contributed by atoms with Crippen molar-refractivity contribution in [2.24, 2.45) is 0 Å². The highest BCUT2D eigenvalue weighted by Crippen LogP contribution is 2.21. The van der Waals surface area contributed by atoms with E-state index >= 15 is 0 Å². The number of fused-ring (bicyclic) bond motifs is 1. The molecule has 7 heteroatoms. The molecular weight excluding hydrogens is 352 g/mol. The van der Waals surface area contributed by atoms with Gasteiger partial charge in [-0.1, -0.05) is 30.3 Å². The molecule has 0 spiro atoms. The van der Waals surface area contributed by atoms with Gasteiger partial charge in [-0.15, -0.1) is 0 Å². The first-order chi connectivity index (χ1) is 13.7. The van der Waals surface area contributed by atoms with Crippen LogP contribution in [0.5, 0.6) is 0 Å². The smallest absolute Gasteiger partial charge is 0.270 e. The third-order valence-electron chi connectivity index (χ3n) is 4.90. The van der Waals surface area contributed by atoms with Gasteiger partial charge in [0.15, 0.2) is 0 Å². The molecular formula is C21H24N6O. The van der Waals surface area contributed by atoms with Crippen LogP contribution in [0.1, 0.15) is 40.1 Å². The van der Waals surface area contributed by atoms with Gasteiger partial charge in [0, 0.05) is 31.3 Å². The Balaban J connectivity index is 1.56. The van der Waals surface area contributed by atoms with Gasteiger partial charge in [-0.2, -0.15) is 0 Å². The highest BCUT2D eigenvalue weighted by atomic mass is 16.1. The molecule has 1 amide bonds. The van der Waals surface area contributed by atoms with Crippen LogP contribution < -0.4 is 10.6 Å². The molecule has 3 heterocycles. The molecule has 0 aliphatic carbocycles. The fraction of sp³-hybridized carbons (Fsp3) is 0.333. The van der Waals surface area contributed by atoms with Gasteiger partial charge in [-0.05, 0) is 25.3 Å². The highest BCUT2D eigenvalue weighted by molar-refractivity contribution is 5.96. The standard InChI is InChI=1S/C21H24N6O/c1-2-27-13-16(24-14-27)12-23-20-17-10-11-22-21(28)19(17)25-18(26-20)9-8-15-6-4-3-5-7-15/h3-7,13-14H,2,8-12H2,1H3,(H,22,28)(H,23,25,26). The minimum atomic E-state index is -0.122. The highest BCUT2D eigenvalue weighted by Gasteiger charge is 2.23. The number of carbonyl (C=O) groups excluding carboxylic acids is 1. The van der Waals surface area contributed by atoms with Crippen molar-refractivity contribution >= 4 is 11.7 Å². The van der Waals surface area contributed by atoms with Gasteiger partial charge in [0.05, 0.1) is 18.6 Å². The van der Waals surface area contributed by atoms with Gasteiger partial charge in [0.25, 0.3) is 5.91 Å². The van der Waals surface area contributed by atoms with E-state index in [4.69, 9.17) is 4.98 Å². The van der Waals surface area contributed by atoms with E-state index < -0.39 is 0 Å². The predicted octanol–water partition coefficient (Wildman–Crippen LogP) is 2.38. The Hall–Kier alpha value is -3.22. The number of nitrogens with zero attached hydrogens (tertiary/aromatic N) is 4. The van der Waals surface area contributed by atoms with Crippen LogP contribution in [-0.4, -0.2) is 32.0 Å². The molecule has 2 N–H and O–H groups in total. The number of rotatable bonds is 7. The lowest BCUT2D eigenvalue weighted by Gasteiger charge is -2.20. The third-order valence-corrected chi connectivity index (χ3v) is 4.90. The summed E-state index contributed by atoms with van der Waals surface area (Å²) in [7, 11) is 0. The van der Waals surface area contributed by atoms with Crippen molar-refractivity contribution < 1.29 is 4.79 Å². The molecule has 0 bridgehead atoms. The lowest BCUT2D eigenvalue weighted by Crippen LogP contribution is -2.34. The van der Waals surface area contributed by atoms with Gasteiger partial charge in [-0.3, -0.25) is 4.79 Å². The molecule has 2 aromatic heterocycles. The fourth-order valence-corrected chi connectivity index (χ4v) is 3.34. The van der Waals surface area contributed by atoms with E-state index in [0.717, 1.165) is 36.5 Å². The second-order valence-corrected chi connectivity index (χ2v) is 6.86. The summed E-state index contributed by atoms with van der Waals surface area (Å²) in [5.41, 5.74) is 3.56. The lowest BCUT2D eigenvalue weighted by molar-refractivity contribution is 0.0940. The van der Waals surface area contributed by atoms with E-state index in [1.165, 1.54) is 5.56 Å². The normalized spacial score (nSPS) is 13.1. The summed E-state index contributed by atoms with van der Waals surface area (Å²) >= 11 is 0. The fourth-order valence-electron chi connectivity index (χ4n) is 3.34. The number of anilines is 1. The molecule has 0 saturated carbocycles. The van der Waals surface area contributed by atoms with Crippen LogP contribution in [0, 0.1) is 0 Å². The average Bonchev–Trinajstić information content (AvgIpc) is 3.20. The first kappa shape index (κ1) is 18.2. The van der Waals surface area contributed by atoms with Gasteiger partial charge >= 0.3 is 0 Å². The number of carbonyl (C=O) groups is 1. The second-order valence-electron chi connectivity index (χ2n) is 6.86. The Morgan fingerprint density at radius 2 is 2.04 bits per heavy atom. The largest absolute Gasteiger partial charge is 0.364 e. The van der Waals surface area contributed by atoms with Crippen LogP contribution >= 0.6 is 0 Å². The van der Waals surface area contributed by atoms with Crippen LogP contribution in [0.3, 0.4) is 0 Å². The van der Waals surface area contributed by atoms with Crippen molar-refractivity contribution in [3.8, 4) is 0 Å². The number of benzene rings is 1. The molecule has 3 aromatic rings. The van der Waals surface area contributed by atoms with Crippen molar-refractivity contribution in [3.05, 3.63) is 71.2 Å². The SMILES string of the molecule is CCn1cnc(CNc2nc(CCc3ccccc3)nc3c2CCNC3=O)c1. The average molecular weight is 376 g/mol. The number of imidazole rings is 1. The Bertz CT molecular complexity index is 966. The van der Waals surface area contributed by atoms with Crippen molar-refractivity contribution in [3.63, 3.8) is 0 Å². The van der Waals surface area contributed by atoms with Crippen LogP contribution in [0.2, 0.25) is 0 Å². The number of hydrogen-bond donors (Lipinski definition) is 2. The van der Waals surface area contributed by atoms with Crippen molar-refractivity contribution in [1.29, 1.82) is 0 Å². The van der Waals surface area contributed by atoms with E-state index in [1.807, 2.05) is 35.3 Å². The quantitative estimate of drug-likeness (QED) is 0.661. The summed E-state index contributed by atoms with van der Waals surface area (Å²) in [6.45, 7) is 4.14. The van der Waals surface area contributed by atoms with E-state index in [2.05, 4.69) is 39.7 Å². The first-order valence-electron chi connectivity index (χ1n) is 9.69. The number of amides is 1. The molecule has 0 saturated heterocycles. The molecule has 1 aromatic carbocycles. The van der Waals surface area contributed by atoms with Crippen LogP contribution in [0.25, 0.3) is 0 Å². The van der Waals surface area contributed by atoms with Crippen molar-refractivity contribution in [2.75, 3.05) is 11.9 Å². The summed E-state index contributed by atoms with van der Waals surface area (Å²) in [5.74, 6) is 1.30. The van der Waals surface area contributed by atoms with Gasteiger partial charge in [0.1, 0.15) is 17.3 Å². The summed E-state index contributed by atoms with van der Waals surface area (Å²) in [6, 6.07) is 10.2. The number of aromatic nitrogens is 4. The molecule has 1 aliphatic rings. The van der Waals surface area contributed by atoms with Crippen LogP contribution in [-0.2, 0) is 32.4 Å². The predicted molar refractivity (Wildman–Crippen MR) is 107 cm³/mol. The molecule has 28 heavy (non-hydrogen) atoms. The maximum absolute atomic E-state index is 12.3. The summed E-state index contributed by atoms with van der Waals surface area (Å²) < 4.78 is 2.03. The summed E-state index contributed by atoms with van der Waals surface area (Å²) in [4.78, 5) is 26.0. The van der Waals surface area contributed by atoms with Gasteiger partial charge < -0.3 is 15.2 Å². The van der Waals surface area contributed by atoms with Gasteiger partial charge in [0.2, 0.25) is 0 Å². The van der Waals surface area contributed by atoms with E-state index in [-0.39, 0.29) is 5.91 Å². The molecule has 0 atom stereocenters. The number of hydrogen-bond acceptors (Lipinski definition) is 5. The molecule has 1 aliphatic heterocycles. The Morgan fingerprint density at radius 1 is 1.18 bits per heavy atom. The molecule has 0 radical (unpaired) electrons. The lowest BCUT2D eigenvalue weighted by atomic mass is 10.1. The van der Waals surface area contributed by atoms with E-state index in [9.17, 15) is 4.79 Å². The van der Waals surface area contributed by atoms with E-state index in [1.54, 1.807) is 0 Å². The molecule has 7 nitrogen and oxygen atoms in total. The monoisotopic (exact) mass is 376 g/mol. The summed E-state index contributed by atoms with van der Waals surface area (Å²) in [6.07, 6.45) is 6.09. The zero-order valence-electron chi connectivity index (χ0n) is 16.0. The Kier molecular flexibility index (Phi) is 5.32. The zero-order chi connectivity index (χ0) is 19.3. The summed E-state index contributed by atoms with van der Waals surface area (Å²) in [5, 5.41) is 6.26. The van der Waals surface area contributed by atoms with E-state index in [0.29, 0.717) is 31.0 Å². The Morgan fingerprint density at radius 3 is 2.82 bits per heavy atom. The zero-order valence-corrected chi connectivity index (χ0v) is 16.0. The van der Waals surface area contributed by atoms with Crippen molar-refractivity contribution in [2.45, 2.75) is 39.3 Å².